The van der Waals surface area contributed by atoms with Crippen molar-refractivity contribution < 1.29 is 5.11 Å². The van der Waals surface area contributed by atoms with Crippen molar-refractivity contribution in [1.82, 2.24) is 14.8 Å². The van der Waals surface area contributed by atoms with Gasteiger partial charge in [-0.1, -0.05) is 0 Å². The van der Waals surface area contributed by atoms with Crippen LogP contribution in [0, 0.1) is 6.92 Å². The molecule has 0 fully saturated rings. The van der Waals surface area contributed by atoms with Gasteiger partial charge in [0, 0.05) is 24.0 Å². The van der Waals surface area contributed by atoms with Gasteiger partial charge >= 0.3 is 0 Å². The molecule has 5 heteroatoms. The molecule has 0 spiro atoms. The second-order valence-electron chi connectivity index (χ2n) is 4.39. The summed E-state index contributed by atoms with van der Waals surface area (Å²) in [4.78, 5) is 4.28. The molecular formula is C12H17N3OS. The molecule has 17 heavy (non-hydrogen) atoms. The van der Waals surface area contributed by atoms with Crippen LogP contribution in [0.2, 0.25) is 0 Å². The zero-order chi connectivity index (χ0) is 12.4. The first kappa shape index (κ1) is 12.3. The largest absolute Gasteiger partial charge is 0.386 e. The Balaban J connectivity index is 2.05. The van der Waals surface area contributed by atoms with Gasteiger partial charge in [-0.25, -0.2) is 4.98 Å². The van der Waals surface area contributed by atoms with Crippen LogP contribution in [0.3, 0.4) is 0 Å². The van der Waals surface area contributed by atoms with E-state index in [1.54, 1.807) is 11.3 Å². The Morgan fingerprint density at radius 2 is 2.24 bits per heavy atom. The van der Waals surface area contributed by atoms with Gasteiger partial charge in [-0.05, 0) is 26.8 Å². The van der Waals surface area contributed by atoms with Crippen LogP contribution in [0.1, 0.15) is 42.4 Å². The molecule has 0 aliphatic rings. The zero-order valence-electron chi connectivity index (χ0n) is 10.3. The van der Waals surface area contributed by atoms with Gasteiger partial charge in [0.15, 0.2) is 0 Å². The molecule has 2 rings (SSSR count). The molecule has 1 N–H and O–H groups in total. The van der Waals surface area contributed by atoms with E-state index in [0.717, 1.165) is 16.4 Å². The van der Waals surface area contributed by atoms with Gasteiger partial charge in [-0.15, -0.1) is 11.3 Å². The zero-order valence-corrected chi connectivity index (χ0v) is 11.1. The quantitative estimate of drug-likeness (QED) is 0.908. The fourth-order valence-corrected chi connectivity index (χ4v) is 2.27. The van der Waals surface area contributed by atoms with E-state index in [4.69, 9.17) is 0 Å². The molecule has 2 aromatic rings. The molecule has 4 nitrogen and oxygen atoms in total. The van der Waals surface area contributed by atoms with Gasteiger partial charge in [-0.2, -0.15) is 5.10 Å². The molecule has 0 aliphatic heterocycles. The molecule has 0 aliphatic carbocycles. The first-order valence-corrected chi connectivity index (χ1v) is 6.58. The Hall–Kier alpha value is -1.20. The van der Waals surface area contributed by atoms with Gasteiger partial charge in [-0.3, -0.25) is 4.68 Å². The Bertz CT molecular complexity index is 489. The molecule has 2 aromatic heterocycles. The van der Waals surface area contributed by atoms with Crippen LogP contribution in [0.5, 0.6) is 0 Å². The fourth-order valence-electron chi connectivity index (χ4n) is 1.61. The summed E-state index contributed by atoms with van der Waals surface area (Å²) < 4.78 is 1.90. The van der Waals surface area contributed by atoms with E-state index in [2.05, 4.69) is 23.9 Å². The number of hydrogen-bond acceptors (Lipinski definition) is 4. The molecule has 1 unspecified atom stereocenters. The summed E-state index contributed by atoms with van der Waals surface area (Å²) in [6.45, 7) is 6.10. The van der Waals surface area contributed by atoms with Crippen LogP contribution >= 0.6 is 11.3 Å². The summed E-state index contributed by atoms with van der Waals surface area (Å²) in [6, 6.07) is 2.30. The first-order chi connectivity index (χ1) is 8.06. The van der Waals surface area contributed by atoms with Crippen molar-refractivity contribution in [2.24, 2.45) is 0 Å². The maximum Gasteiger partial charge on any atom is 0.102 e. The van der Waals surface area contributed by atoms with Crippen LogP contribution < -0.4 is 0 Å². The van der Waals surface area contributed by atoms with E-state index in [1.165, 1.54) is 0 Å². The monoisotopic (exact) mass is 251 g/mol. The number of aromatic nitrogens is 3. The van der Waals surface area contributed by atoms with Crippen LogP contribution in [0.15, 0.2) is 17.6 Å². The summed E-state index contributed by atoms with van der Waals surface area (Å²) in [5.74, 6) is 0. The summed E-state index contributed by atoms with van der Waals surface area (Å²) in [6.07, 6.45) is 1.90. The standard InChI is InChI=1S/C12H17N3OS/c1-8(2)15-5-4-10(14-15)6-12(16)11-7-17-9(3)13-11/h4-5,7-8,12,16H,6H2,1-3H3. The van der Waals surface area contributed by atoms with Crippen molar-refractivity contribution in [3.8, 4) is 0 Å². The lowest BCUT2D eigenvalue weighted by atomic mass is 10.1. The van der Waals surface area contributed by atoms with E-state index in [-0.39, 0.29) is 0 Å². The smallest absolute Gasteiger partial charge is 0.102 e. The molecule has 92 valence electrons. The van der Waals surface area contributed by atoms with Crippen LogP contribution in [-0.2, 0) is 6.42 Å². The molecule has 0 amide bonds. The molecule has 0 aromatic carbocycles. The number of rotatable bonds is 4. The Morgan fingerprint density at radius 1 is 1.47 bits per heavy atom. The van der Waals surface area contributed by atoms with Crippen molar-refractivity contribution >= 4 is 11.3 Å². The normalized spacial score (nSPS) is 13.2. The lowest BCUT2D eigenvalue weighted by Crippen LogP contribution is -2.05. The van der Waals surface area contributed by atoms with E-state index in [0.29, 0.717) is 12.5 Å². The maximum atomic E-state index is 10.0. The summed E-state index contributed by atoms with van der Waals surface area (Å²) in [5, 5.41) is 17.3. The third-order valence-corrected chi connectivity index (χ3v) is 3.37. The number of aliphatic hydroxyl groups is 1. The average Bonchev–Trinajstić information content (AvgIpc) is 2.86. The summed E-state index contributed by atoms with van der Waals surface area (Å²) in [5.41, 5.74) is 1.64. The lowest BCUT2D eigenvalue weighted by molar-refractivity contribution is 0.172. The third kappa shape index (κ3) is 2.92. The van der Waals surface area contributed by atoms with Crippen molar-refractivity contribution in [3.63, 3.8) is 0 Å². The number of hydrogen-bond donors (Lipinski definition) is 1. The second-order valence-corrected chi connectivity index (χ2v) is 5.45. The van der Waals surface area contributed by atoms with Gasteiger partial charge in [0.25, 0.3) is 0 Å². The van der Waals surface area contributed by atoms with Crippen molar-refractivity contribution in [2.75, 3.05) is 0 Å². The highest BCUT2D eigenvalue weighted by Crippen LogP contribution is 2.19. The summed E-state index contributed by atoms with van der Waals surface area (Å²) in [7, 11) is 0. The molecular weight excluding hydrogens is 234 g/mol. The van der Waals surface area contributed by atoms with Gasteiger partial charge in [0.05, 0.1) is 16.4 Å². The molecule has 2 heterocycles. The van der Waals surface area contributed by atoms with E-state index < -0.39 is 6.10 Å². The average molecular weight is 251 g/mol. The predicted octanol–water partition coefficient (Wildman–Crippen LogP) is 2.51. The van der Waals surface area contributed by atoms with Crippen molar-refractivity contribution in [1.29, 1.82) is 0 Å². The maximum absolute atomic E-state index is 10.0. The van der Waals surface area contributed by atoms with Crippen molar-refractivity contribution in [3.05, 3.63) is 34.0 Å². The highest BCUT2D eigenvalue weighted by atomic mass is 32.1. The summed E-state index contributed by atoms with van der Waals surface area (Å²) >= 11 is 1.56. The lowest BCUT2D eigenvalue weighted by Gasteiger charge is -2.06. The molecule has 1 atom stereocenters. The number of thiazole rings is 1. The molecule has 0 saturated carbocycles. The topological polar surface area (TPSA) is 50.9 Å². The second kappa shape index (κ2) is 4.98. The highest BCUT2D eigenvalue weighted by molar-refractivity contribution is 7.09. The minimum atomic E-state index is -0.560. The van der Waals surface area contributed by atoms with Crippen molar-refractivity contribution in [2.45, 2.75) is 39.3 Å². The van der Waals surface area contributed by atoms with Gasteiger partial charge < -0.3 is 5.11 Å². The highest BCUT2D eigenvalue weighted by Gasteiger charge is 2.13. The Kier molecular flexibility index (Phi) is 3.59. The fraction of sp³-hybridized carbons (Fsp3) is 0.500. The van der Waals surface area contributed by atoms with E-state index in [9.17, 15) is 5.11 Å². The van der Waals surface area contributed by atoms with Gasteiger partial charge in [0.1, 0.15) is 6.10 Å². The van der Waals surface area contributed by atoms with Crippen LogP contribution in [-0.4, -0.2) is 19.9 Å². The number of aryl methyl sites for hydroxylation is 1. The van der Waals surface area contributed by atoms with Crippen LogP contribution in [0.25, 0.3) is 0 Å². The third-order valence-electron chi connectivity index (χ3n) is 2.57. The molecule has 0 saturated heterocycles. The minimum absolute atomic E-state index is 0.349. The molecule has 0 bridgehead atoms. The van der Waals surface area contributed by atoms with Gasteiger partial charge in [0.2, 0.25) is 0 Å². The Labute approximate surface area is 105 Å². The van der Waals surface area contributed by atoms with E-state index >= 15 is 0 Å². The minimum Gasteiger partial charge on any atom is -0.386 e. The SMILES string of the molecule is Cc1nc(C(O)Cc2ccn(C(C)C)n2)cs1. The predicted molar refractivity (Wildman–Crippen MR) is 68.1 cm³/mol. The Morgan fingerprint density at radius 3 is 2.76 bits per heavy atom. The molecule has 0 radical (unpaired) electrons. The number of nitrogens with zero attached hydrogens (tertiary/aromatic N) is 3. The van der Waals surface area contributed by atoms with E-state index in [1.807, 2.05) is 29.2 Å². The van der Waals surface area contributed by atoms with Crippen LogP contribution in [0.4, 0.5) is 0 Å². The number of aliphatic hydroxyl groups excluding tert-OH is 1. The first-order valence-electron chi connectivity index (χ1n) is 5.70.